The lowest BCUT2D eigenvalue weighted by atomic mass is 9.94. The molecule has 1 N–H and O–H groups in total. The van der Waals surface area contributed by atoms with E-state index in [9.17, 15) is 13.2 Å². The molecule has 0 aliphatic heterocycles. The highest BCUT2D eigenvalue weighted by Gasteiger charge is 2.23. The van der Waals surface area contributed by atoms with E-state index in [1.165, 1.54) is 25.5 Å². The van der Waals surface area contributed by atoms with Gasteiger partial charge in [0, 0.05) is 25.4 Å². The van der Waals surface area contributed by atoms with Crippen molar-refractivity contribution in [2.24, 2.45) is 0 Å². The van der Waals surface area contributed by atoms with E-state index in [2.05, 4.69) is 5.32 Å². The van der Waals surface area contributed by atoms with Crippen molar-refractivity contribution in [2.75, 3.05) is 12.8 Å². The van der Waals surface area contributed by atoms with E-state index >= 15 is 0 Å². The molecule has 0 unspecified atom stereocenters. The summed E-state index contributed by atoms with van der Waals surface area (Å²) in [6.07, 6.45) is 7.11. The number of benzene rings is 1. The Morgan fingerprint density at radius 1 is 1.12 bits per heavy atom. The molecule has 2 amide bonds. The maximum atomic E-state index is 12.4. The maximum absolute atomic E-state index is 12.4. The molecule has 0 bridgehead atoms. The number of rotatable bonds is 6. The van der Waals surface area contributed by atoms with Crippen molar-refractivity contribution in [3.8, 4) is 0 Å². The van der Waals surface area contributed by atoms with Crippen molar-refractivity contribution in [2.45, 2.75) is 57.4 Å². The summed E-state index contributed by atoms with van der Waals surface area (Å²) in [6.45, 7) is 3.21. The van der Waals surface area contributed by atoms with Crippen molar-refractivity contribution < 1.29 is 13.2 Å². The highest BCUT2D eigenvalue weighted by atomic mass is 32.2. The highest BCUT2D eigenvalue weighted by molar-refractivity contribution is 7.89. The van der Waals surface area contributed by atoms with Crippen molar-refractivity contribution in [1.82, 2.24) is 10.2 Å². The van der Waals surface area contributed by atoms with Gasteiger partial charge >= 0.3 is 6.03 Å². The van der Waals surface area contributed by atoms with Gasteiger partial charge in [0.1, 0.15) is 0 Å². The standard InChI is InChI=1S/C18H28N2O3S/c1-3-20(17-7-5-4-6-8-17)18(21)19-13-15-9-11-16(12-10-15)14-24(2,22)23/h9-12,17H,3-8,13-14H2,1-2H3,(H,19,21). The van der Waals surface area contributed by atoms with Crippen LogP contribution in [0.25, 0.3) is 0 Å². The summed E-state index contributed by atoms with van der Waals surface area (Å²) < 4.78 is 22.6. The third-order valence-corrected chi connectivity index (χ3v) is 5.37. The first-order chi connectivity index (χ1) is 11.4. The molecule has 1 saturated carbocycles. The van der Waals surface area contributed by atoms with Crippen molar-refractivity contribution in [3.05, 3.63) is 35.4 Å². The Balaban J connectivity index is 1.88. The largest absolute Gasteiger partial charge is 0.334 e. The number of hydrogen-bond acceptors (Lipinski definition) is 3. The monoisotopic (exact) mass is 352 g/mol. The Labute approximate surface area is 145 Å². The third-order valence-electron chi connectivity index (χ3n) is 4.51. The summed E-state index contributed by atoms with van der Waals surface area (Å²) in [5.74, 6) is 0.0466. The number of carbonyl (C=O) groups is 1. The minimum Gasteiger partial charge on any atom is -0.334 e. The number of sulfone groups is 1. The van der Waals surface area contributed by atoms with Crippen LogP contribution in [0.2, 0.25) is 0 Å². The van der Waals surface area contributed by atoms with Crippen LogP contribution in [-0.2, 0) is 22.1 Å². The van der Waals surface area contributed by atoms with Gasteiger partial charge in [-0.25, -0.2) is 13.2 Å². The van der Waals surface area contributed by atoms with Crippen LogP contribution in [-0.4, -0.2) is 38.2 Å². The Morgan fingerprint density at radius 3 is 2.25 bits per heavy atom. The summed E-state index contributed by atoms with van der Waals surface area (Å²) >= 11 is 0. The van der Waals surface area contributed by atoms with Crippen LogP contribution in [0.5, 0.6) is 0 Å². The van der Waals surface area contributed by atoms with Crippen LogP contribution in [0.4, 0.5) is 4.79 Å². The van der Waals surface area contributed by atoms with Gasteiger partial charge in [0.2, 0.25) is 0 Å². The van der Waals surface area contributed by atoms with Gasteiger partial charge in [-0.15, -0.1) is 0 Å². The van der Waals surface area contributed by atoms with Gasteiger partial charge in [-0.1, -0.05) is 43.5 Å². The number of urea groups is 1. The topological polar surface area (TPSA) is 66.5 Å². The summed E-state index contributed by atoms with van der Waals surface area (Å²) in [6, 6.07) is 7.71. The average Bonchev–Trinajstić information content (AvgIpc) is 2.54. The smallest absolute Gasteiger partial charge is 0.317 e. The lowest BCUT2D eigenvalue weighted by molar-refractivity contribution is 0.159. The second kappa shape index (κ2) is 8.51. The van der Waals surface area contributed by atoms with Crippen LogP contribution in [0.1, 0.15) is 50.2 Å². The second-order valence-electron chi connectivity index (χ2n) is 6.62. The molecule has 1 aliphatic carbocycles. The minimum absolute atomic E-state index is 0.00962. The van der Waals surface area contributed by atoms with E-state index in [1.807, 2.05) is 24.0 Å². The molecule has 2 rings (SSSR count). The number of hydrogen-bond donors (Lipinski definition) is 1. The van der Waals surface area contributed by atoms with E-state index in [1.54, 1.807) is 12.1 Å². The molecule has 0 radical (unpaired) electrons. The van der Waals surface area contributed by atoms with Gasteiger partial charge in [0.05, 0.1) is 5.75 Å². The van der Waals surface area contributed by atoms with Crippen LogP contribution < -0.4 is 5.32 Å². The quantitative estimate of drug-likeness (QED) is 0.855. The summed E-state index contributed by atoms with van der Waals surface area (Å²) in [7, 11) is -3.02. The first kappa shape index (κ1) is 18.8. The molecule has 5 nitrogen and oxygen atoms in total. The van der Waals surface area contributed by atoms with Gasteiger partial charge in [-0.2, -0.15) is 0 Å². The molecule has 0 saturated heterocycles. The number of carbonyl (C=O) groups excluding carboxylic acids is 1. The first-order valence-electron chi connectivity index (χ1n) is 8.69. The molecule has 1 aromatic carbocycles. The lowest BCUT2D eigenvalue weighted by Crippen LogP contribution is -2.46. The molecule has 0 heterocycles. The van der Waals surface area contributed by atoms with Crippen LogP contribution in [0, 0.1) is 0 Å². The Morgan fingerprint density at radius 2 is 1.71 bits per heavy atom. The second-order valence-corrected chi connectivity index (χ2v) is 8.76. The average molecular weight is 353 g/mol. The fraction of sp³-hybridized carbons (Fsp3) is 0.611. The predicted molar refractivity (Wildman–Crippen MR) is 96.5 cm³/mol. The molecule has 0 atom stereocenters. The van der Waals surface area contributed by atoms with Gasteiger partial charge in [0.15, 0.2) is 9.84 Å². The molecule has 0 aromatic heterocycles. The van der Waals surface area contributed by atoms with Gasteiger partial charge < -0.3 is 10.2 Å². The molecule has 1 aliphatic rings. The zero-order valence-corrected chi connectivity index (χ0v) is 15.4. The highest BCUT2D eigenvalue weighted by Crippen LogP contribution is 2.22. The summed E-state index contributed by atoms with van der Waals surface area (Å²) in [5, 5.41) is 2.98. The molecular formula is C18H28N2O3S. The number of nitrogens with zero attached hydrogens (tertiary/aromatic N) is 1. The SMILES string of the molecule is CCN(C(=O)NCc1ccc(CS(C)(=O)=O)cc1)C1CCCCC1. The zero-order chi connectivity index (χ0) is 17.6. The molecule has 24 heavy (non-hydrogen) atoms. The first-order valence-corrected chi connectivity index (χ1v) is 10.7. The predicted octanol–water partition coefficient (Wildman–Crippen LogP) is 3.10. The van der Waals surface area contributed by atoms with E-state index < -0.39 is 9.84 Å². The summed E-state index contributed by atoms with van der Waals surface area (Å²) in [4.78, 5) is 14.4. The molecule has 134 valence electrons. The van der Waals surface area contributed by atoms with E-state index in [4.69, 9.17) is 0 Å². The molecule has 0 spiro atoms. The summed E-state index contributed by atoms with van der Waals surface area (Å²) in [5.41, 5.74) is 1.74. The Hall–Kier alpha value is -1.56. The Bertz CT molecular complexity index is 635. The molecule has 1 aromatic rings. The van der Waals surface area contributed by atoms with E-state index in [-0.39, 0.29) is 11.8 Å². The maximum Gasteiger partial charge on any atom is 0.317 e. The zero-order valence-electron chi connectivity index (χ0n) is 14.6. The van der Waals surface area contributed by atoms with Gasteiger partial charge in [-0.05, 0) is 30.9 Å². The van der Waals surface area contributed by atoms with Crippen LogP contribution >= 0.6 is 0 Å². The fourth-order valence-electron chi connectivity index (χ4n) is 3.30. The lowest BCUT2D eigenvalue weighted by Gasteiger charge is -2.33. The molecule has 1 fully saturated rings. The number of nitrogens with one attached hydrogen (secondary N) is 1. The van der Waals surface area contributed by atoms with E-state index in [0.717, 1.165) is 30.5 Å². The van der Waals surface area contributed by atoms with Crippen molar-refractivity contribution in [1.29, 1.82) is 0 Å². The molecular weight excluding hydrogens is 324 g/mol. The van der Waals surface area contributed by atoms with Crippen LogP contribution in [0.15, 0.2) is 24.3 Å². The minimum atomic E-state index is -3.02. The molecule has 6 heteroatoms. The fourth-order valence-corrected chi connectivity index (χ4v) is 4.09. The Kier molecular flexibility index (Phi) is 6.66. The van der Waals surface area contributed by atoms with E-state index in [0.29, 0.717) is 12.6 Å². The third kappa shape index (κ3) is 5.82. The van der Waals surface area contributed by atoms with Gasteiger partial charge in [-0.3, -0.25) is 0 Å². The number of amides is 2. The normalized spacial score (nSPS) is 15.9. The van der Waals surface area contributed by atoms with Crippen LogP contribution in [0.3, 0.4) is 0 Å². The van der Waals surface area contributed by atoms with Crippen molar-refractivity contribution in [3.63, 3.8) is 0 Å². The van der Waals surface area contributed by atoms with Crippen molar-refractivity contribution >= 4 is 15.9 Å². The van der Waals surface area contributed by atoms with Gasteiger partial charge in [0.25, 0.3) is 0 Å².